The van der Waals surface area contributed by atoms with Crippen molar-refractivity contribution < 1.29 is 0 Å². The Balaban J connectivity index is 2.57. The maximum Gasteiger partial charge on any atom is 0.0407 e. The molecule has 14 heavy (non-hydrogen) atoms. The molecule has 1 aromatic rings. The Hall–Kier alpha value is -0.540. The topological polar surface area (TPSA) is 38.9 Å². The van der Waals surface area contributed by atoms with Gasteiger partial charge in [-0.1, -0.05) is 20.3 Å². The first kappa shape index (κ1) is 11.5. The van der Waals surface area contributed by atoms with E-state index in [0.717, 1.165) is 11.7 Å². The summed E-state index contributed by atoms with van der Waals surface area (Å²) < 4.78 is 0. The number of hydrogen-bond acceptors (Lipinski definition) is 3. The smallest absolute Gasteiger partial charge is 0.0407 e. The molecule has 0 aliphatic carbocycles. The van der Waals surface area contributed by atoms with Gasteiger partial charge in [0.25, 0.3) is 0 Å². The number of aromatic nitrogens is 1. The highest BCUT2D eigenvalue weighted by molar-refractivity contribution is 7.99. The lowest BCUT2D eigenvalue weighted by Crippen LogP contribution is -2.01. The third-order valence-electron chi connectivity index (χ3n) is 2.31. The first-order chi connectivity index (χ1) is 6.77. The summed E-state index contributed by atoms with van der Waals surface area (Å²) in [6, 6.07) is 2.00. The van der Waals surface area contributed by atoms with Crippen LogP contribution >= 0.6 is 11.8 Å². The van der Waals surface area contributed by atoms with Gasteiger partial charge in [-0.2, -0.15) is 0 Å². The molecule has 0 aliphatic rings. The SMILES string of the molecule is CCC(C)CSc1cnccc1CN. The second-order valence-electron chi connectivity index (χ2n) is 3.51. The molecule has 1 aromatic heterocycles. The molecule has 2 nitrogen and oxygen atoms in total. The van der Waals surface area contributed by atoms with Crippen LogP contribution in [0.2, 0.25) is 0 Å². The van der Waals surface area contributed by atoms with Crippen molar-refractivity contribution in [1.29, 1.82) is 0 Å². The first-order valence-electron chi connectivity index (χ1n) is 5.03. The van der Waals surface area contributed by atoms with Gasteiger partial charge in [-0.25, -0.2) is 0 Å². The molecule has 0 bridgehead atoms. The fourth-order valence-electron chi connectivity index (χ4n) is 1.06. The van der Waals surface area contributed by atoms with Gasteiger partial charge in [-0.05, 0) is 17.5 Å². The summed E-state index contributed by atoms with van der Waals surface area (Å²) in [6.07, 6.45) is 4.94. The lowest BCUT2D eigenvalue weighted by Gasteiger charge is -2.09. The van der Waals surface area contributed by atoms with E-state index < -0.39 is 0 Å². The zero-order valence-electron chi connectivity index (χ0n) is 8.86. The van der Waals surface area contributed by atoms with Gasteiger partial charge in [0.15, 0.2) is 0 Å². The van der Waals surface area contributed by atoms with Crippen LogP contribution in [0, 0.1) is 5.92 Å². The van der Waals surface area contributed by atoms with Crippen molar-refractivity contribution in [3.63, 3.8) is 0 Å². The van der Waals surface area contributed by atoms with Gasteiger partial charge in [0, 0.05) is 29.6 Å². The van der Waals surface area contributed by atoms with Crippen molar-refractivity contribution in [2.24, 2.45) is 11.7 Å². The highest BCUT2D eigenvalue weighted by Crippen LogP contribution is 2.24. The van der Waals surface area contributed by atoms with E-state index in [1.54, 1.807) is 6.20 Å². The van der Waals surface area contributed by atoms with Gasteiger partial charge < -0.3 is 5.73 Å². The van der Waals surface area contributed by atoms with E-state index in [4.69, 9.17) is 5.73 Å². The standard InChI is InChI=1S/C11H18N2S/c1-3-9(2)8-14-11-7-13-5-4-10(11)6-12/h4-5,7,9H,3,6,8,12H2,1-2H3. The fraction of sp³-hybridized carbons (Fsp3) is 0.545. The average Bonchev–Trinajstić information content (AvgIpc) is 2.26. The molecule has 0 amide bonds. The van der Waals surface area contributed by atoms with E-state index in [1.165, 1.54) is 16.9 Å². The summed E-state index contributed by atoms with van der Waals surface area (Å²) >= 11 is 1.86. The Labute approximate surface area is 90.3 Å². The van der Waals surface area contributed by atoms with Crippen LogP contribution in [0.15, 0.2) is 23.4 Å². The normalized spacial score (nSPS) is 12.8. The molecule has 0 radical (unpaired) electrons. The van der Waals surface area contributed by atoms with Crippen molar-refractivity contribution >= 4 is 11.8 Å². The summed E-state index contributed by atoms with van der Waals surface area (Å²) in [4.78, 5) is 5.35. The molecule has 0 saturated carbocycles. The molecule has 0 fully saturated rings. The van der Waals surface area contributed by atoms with Crippen molar-refractivity contribution in [2.45, 2.75) is 31.7 Å². The highest BCUT2D eigenvalue weighted by atomic mass is 32.2. The monoisotopic (exact) mass is 210 g/mol. The average molecular weight is 210 g/mol. The third kappa shape index (κ3) is 3.31. The van der Waals surface area contributed by atoms with Crippen LogP contribution in [-0.2, 0) is 6.54 Å². The summed E-state index contributed by atoms with van der Waals surface area (Å²) in [5.41, 5.74) is 6.85. The Morgan fingerprint density at radius 3 is 3.00 bits per heavy atom. The van der Waals surface area contributed by atoms with Crippen molar-refractivity contribution in [1.82, 2.24) is 4.98 Å². The Morgan fingerprint density at radius 1 is 1.57 bits per heavy atom. The summed E-state index contributed by atoms with van der Waals surface area (Å²) in [5.74, 6) is 1.90. The van der Waals surface area contributed by atoms with Crippen molar-refractivity contribution in [2.75, 3.05) is 5.75 Å². The van der Waals surface area contributed by atoms with Gasteiger partial charge >= 0.3 is 0 Å². The molecule has 0 spiro atoms. The van der Waals surface area contributed by atoms with Crippen LogP contribution in [-0.4, -0.2) is 10.7 Å². The minimum Gasteiger partial charge on any atom is -0.326 e. The highest BCUT2D eigenvalue weighted by Gasteiger charge is 2.04. The van der Waals surface area contributed by atoms with E-state index in [2.05, 4.69) is 18.8 Å². The van der Waals surface area contributed by atoms with E-state index in [0.29, 0.717) is 6.54 Å². The number of rotatable bonds is 5. The molecule has 0 saturated heterocycles. The van der Waals surface area contributed by atoms with Crippen LogP contribution in [0.5, 0.6) is 0 Å². The Bertz CT molecular complexity index is 276. The van der Waals surface area contributed by atoms with E-state index >= 15 is 0 Å². The molecular weight excluding hydrogens is 192 g/mol. The predicted octanol–water partition coefficient (Wildman–Crippen LogP) is 2.68. The van der Waals surface area contributed by atoms with Crippen LogP contribution in [0.1, 0.15) is 25.8 Å². The van der Waals surface area contributed by atoms with Gasteiger partial charge in [0.1, 0.15) is 0 Å². The molecule has 1 atom stereocenters. The zero-order valence-corrected chi connectivity index (χ0v) is 9.68. The number of nitrogens with two attached hydrogens (primary N) is 1. The summed E-state index contributed by atoms with van der Waals surface area (Å²) in [5, 5.41) is 0. The fourth-order valence-corrected chi connectivity index (χ4v) is 2.23. The number of hydrogen-bond donors (Lipinski definition) is 1. The van der Waals surface area contributed by atoms with E-state index in [-0.39, 0.29) is 0 Å². The molecule has 2 N–H and O–H groups in total. The lowest BCUT2D eigenvalue weighted by atomic mass is 10.2. The maximum absolute atomic E-state index is 5.65. The minimum absolute atomic E-state index is 0.603. The Morgan fingerprint density at radius 2 is 2.36 bits per heavy atom. The van der Waals surface area contributed by atoms with E-state index in [1.807, 2.05) is 24.0 Å². The zero-order chi connectivity index (χ0) is 10.4. The quantitative estimate of drug-likeness (QED) is 0.759. The number of thioether (sulfide) groups is 1. The van der Waals surface area contributed by atoms with E-state index in [9.17, 15) is 0 Å². The van der Waals surface area contributed by atoms with Gasteiger partial charge in [0.05, 0.1) is 0 Å². The first-order valence-corrected chi connectivity index (χ1v) is 6.02. The maximum atomic E-state index is 5.65. The van der Waals surface area contributed by atoms with Gasteiger partial charge in [-0.3, -0.25) is 4.98 Å². The molecule has 3 heteroatoms. The molecule has 1 rings (SSSR count). The van der Waals surface area contributed by atoms with Crippen LogP contribution in [0.4, 0.5) is 0 Å². The second-order valence-corrected chi connectivity index (χ2v) is 4.57. The molecule has 78 valence electrons. The molecule has 1 heterocycles. The molecule has 1 unspecified atom stereocenters. The lowest BCUT2D eigenvalue weighted by molar-refractivity contribution is 0.637. The third-order valence-corrected chi connectivity index (χ3v) is 3.72. The van der Waals surface area contributed by atoms with Gasteiger partial charge in [0.2, 0.25) is 0 Å². The molecule has 0 aromatic carbocycles. The van der Waals surface area contributed by atoms with Crippen molar-refractivity contribution in [3.8, 4) is 0 Å². The van der Waals surface area contributed by atoms with Crippen molar-refractivity contribution in [3.05, 3.63) is 24.0 Å². The molecular formula is C11H18N2S. The van der Waals surface area contributed by atoms with Crippen LogP contribution in [0.3, 0.4) is 0 Å². The largest absolute Gasteiger partial charge is 0.326 e. The summed E-state index contributed by atoms with van der Waals surface area (Å²) in [6.45, 7) is 5.09. The predicted molar refractivity (Wildman–Crippen MR) is 62.3 cm³/mol. The van der Waals surface area contributed by atoms with Gasteiger partial charge in [-0.15, -0.1) is 11.8 Å². The molecule has 0 aliphatic heterocycles. The summed E-state index contributed by atoms with van der Waals surface area (Å²) in [7, 11) is 0. The minimum atomic E-state index is 0.603. The van der Waals surface area contributed by atoms with Crippen LogP contribution < -0.4 is 5.73 Å². The number of pyridine rings is 1. The second kappa shape index (κ2) is 6.04. The number of nitrogens with zero attached hydrogens (tertiary/aromatic N) is 1. The van der Waals surface area contributed by atoms with Crippen LogP contribution in [0.25, 0.3) is 0 Å². The Kier molecular flexibility index (Phi) is 4.98.